The SMILES string of the molecule is O=C(O[C@@H](C(=O)Nc1ccc(Cl)cc1C(F)(F)F)c1ccccc1)c1cccnc1Cl. The zero-order chi connectivity index (χ0) is 22.6. The molecule has 0 spiro atoms. The second kappa shape index (κ2) is 9.36. The van der Waals surface area contributed by atoms with Crippen LogP contribution in [0.5, 0.6) is 0 Å². The average molecular weight is 469 g/mol. The lowest BCUT2D eigenvalue weighted by Gasteiger charge is -2.20. The summed E-state index contributed by atoms with van der Waals surface area (Å²) in [7, 11) is 0. The molecule has 2 aromatic carbocycles. The molecule has 3 rings (SSSR count). The molecule has 0 aliphatic rings. The molecule has 0 bridgehead atoms. The number of benzene rings is 2. The van der Waals surface area contributed by atoms with Gasteiger partial charge in [-0.3, -0.25) is 4.79 Å². The van der Waals surface area contributed by atoms with Crippen LogP contribution >= 0.6 is 23.2 Å². The number of hydrogen-bond acceptors (Lipinski definition) is 4. The van der Waals surface area contributed by atoms with E-state index in [1.807, 2.05) is 0 Å². The molecule has 0 fully saturated rings. The molecule has 1 N–H and O–H groups in total. The summed E-state index contributed by atoms with van der Waals surface area (Å²) in [6, 6.07) is 13.5. The second-order valence-corrected chi connectivity index (χ2v) is 7.01. The van der Waals surface area contributed by atoms with E-state index in [0.29, 0.717) is 6.07 Å². The van der Waals surface area contributed by atoms with Crippen molar-refractivity contribution in [1.82, 2.24) is 4.98 Å². The molecule has 5 nitrogen and oxygen atoms in total. The summed E-state index contributed by atoms with van der Waals surface area (Å²) < 4.78 is 45.4. The van der Waals surface area contributed by atoms with Crippen molar-refractivity contribution in [3.63, 3.8) is 0 Å². The average Bonchev–Trinajstić information content (AvgIpc) is 2.73. The van der Waals surface area contributed by atoms with E-state index in [1.165, 1.54) is 36.5 Å². The van der Waals surface area contributed by atoms with E-state index in [2.05, 4.69) is 10.3 Å². The summed E-state index contributed by atoms with van der Waals surface area (Å²) in [5.74, 6) is -1.96. The second-order valence-electron chi connectivity index (χ2n) is 6.21. The van der Waals surface area contributed by atoms with Crippen LogP contribution in [0.4, 0.5) is 18.9 Å². The van der Waals surface area contributed by atoms with Crippen LogP contribution in [-0.4, -0.2) is 16.9 Å². The van der Waals surface area contributed by atoms with Crippen molar-refractivity contribution in [3.8, 4) is 0 Å². The third-order valence-corrected chi connectivity index (χ3v) is 4.63. The molecule has 160 valence electrons. The maximum atomic E-state index is 13.4. The van der Waals surface area contributed by atoms with Crippen molar-refractivity contribution >= 4 is 40.8 Å². The molecule has 1 heterocycles. The number of rotatable bonds is 5. The Morgan fingerprint density at radius 2 is 1.71 bits per heavy atom. The number of halogens is 5. The highest BCUT2D eigenvalue weighted by molar-refractivity contribution is 6.32. The largest absolute Gasteiger partial charge is 0.444 e. The van der Waals surface area contributed by atoms with Crippen LogP contribution in [0.15, 0.2) is 66.9 Å². The highest BCUT2D eigenvalue weighted by Gasteiger charge is 2.35. The van der Waals surface area contributed by atoms with E-state index in [4.69, 9.17) is 27.9 Å². The monoisotopic (exact) mass is 468 g/mol. The van der Waals surface area contributed by atoms with Crippen LogP contribution in [0, 0.1) is 0 Å². The summed E-state index contributed by atoms with van der Waals surface area (Å²) in [6.07, 6.45) is -4.96. The number of aromatic nitrogens is 1. The van der Waals surface area contributed by atoms with Gasteiger partial charge >= 0.3 is 12.1 Å². The number of nitrogens with one attached hydrogen (secondary N) is 1. The van der Waals surface area contributed by atoms with E-state index in [-0.39, 0.29) is 21.3 Å². The van der Waals surface area contributed by atoms with E-state index < -0.39 is 35.4 Å². The van der Waals surface area contributed by atoms with Crippen LogP contribution in [0.2, 0.25) is 10.2 Å². The fraction of sp³-hybridized carbons (Fsp3) is 0.0952. The lowest BCUT2D eigenvalue weighted by molar-refractivity contribution is -0.137. The van der Waals surface area contributed by atoms with Gasteiger partial charge in [0, 0.05) is 16.8 Å². The number of amides is 1. The fourth-order valence-electron chi connectivity index (χ4n) is 2.67. The molecule has 0 saturated heterocycles. The lowest BCUT2D eigenvalue weighted by Crippen LogP contribution is -2.27. The first-order chi connectivity index (χ1) is 14.7. The number of nitrogens with zero attached hydrogens (tertiary/aromatic N) is 1. The Hall–Kier alpha value is -3.10. The third-order valence-electron chi connectivity index (χ3n) is 4.09. The minimum Gasteiger partial charge on any atom is -0.444 e. The summed E-state index contributed by atoms with van der Waals surface area (Å²) in [4.78, 5) is 29.2. The summed E-state index contributed by atoms with van der Waals surface area (Å²) in [5.41, 5.74) is -1.52. The van der Waals surface area contributed by atoms with Crippen molar-refractivity contribution in [3.05, 3.63) is 93.7 Å². The van der Waals surface area contributed by atoms with Gasteiger partial charge in [-0.25, -0.2) is 9.78 Å². The Bertz CT molecular complexity index is 1110. The number of esters is 1. The van der Waals surface area contributed by atoms with E-state index in [1.54, 1.807) is 18.2 Å². The smallest absolute Gasteiger partial charge is 0.418 e. The first-order valence-corrected chi connectivity index (χ1v) is 9.46. The Labute approximate surface area is 184 Å². The Morgan fingerprint density at radius 3 is 2.35 bits per heavy atom. The minimum atomic E-state index is -4.77. The van der Waals surface area contributed by atoms with Crippen LogP contribution in [0.25, 0.3) is 0 Å². The molecule has 1 amide bonds. The fourth-order valence-corrected chi connectivity index (χ4v) is 3.04. The van der Waals surface area contributed by atoms with Crippen molar-refractivity contribution in [2.45, 2.75) is 12.3 Å². The molecule has 3 aromatic rings. The van der Waals surface area contributed by atoms with Gasteiger partial charge in [0.1, 0.15) is 5.15 Å². The van der Waals surface area contributed by atoms with Gasteiger partial charge in [-0.15, -0.1) is 0 Å². The number of carbonyl (C=O) groups is 2. The van der Waals surface area contributed by atoms with E-state index in [0.717, 1.165) is 6.07 Å². The van der Waals surface area contributed by atoms with Crippen LogP contribution in [-0.2, 0) is 15.7 Å². The van der Waals surface area contributed by atoms with Crippen molar-refractivity contribution in [2.24, 2.45) is 0 Å². The topological polar surface area (TPSA) is 68.3 Å². The Kier molecular flexibility index (Phi) is 6.82. The van der Waals surface area contributed by atoms with Gasteiger partial charge in [-0.05, 0) is 30.3 Å². The van der Waals surface area contributed by atoms with E-state index >= 15 is 0 Å². The molecule has 0 saturated carbocycles. The maximum absolute atomic E-state index is 13.4. The van der Waals surface area contributed by atoms with Gasteiger partial charge in [0.05, 0.1) is 16.8 Å². The summed E-state index contributed by atoms with van der Waals surface area (Å²) in [5, 5.41) is 1.88. The van der Waals surface area contributed by atoms with Gasteiger partial charge in [0.2, 0.25) is 6.10 Å². The van der Waals surface area contributed by atoms with Crippen molar-refractivity contribution in [2.75, 3.05) is 5.32 Å². The first kappa shape index (κ1) is 22.6. The maximum Gasteiger partial charge on any atom is 0.418 e. The molecular weight excluding hydrogens is 456 g/mol. The minimum absolute atomic E-state index is 0.0969. The molecule has 1 aromatic heterocycles. The van der Waals surface area contributed by atoms with Gasteiger partial charge in [-0.1, -0.05) is 53.5 Å². The normalized spacial score (nSPS) is 12.2. The van der Waals surface area contributed by atoms with Crippen LogP contribution < -0.4 is 5.32 Å². The third kappa shape index (κ3) is 5.53. The van der Waals surface area contributed by atoms with E-state index in [9.17, 15) is 22.8 Å². The molecule has 0 radical (unpaired) electrons. The number of alkyl halides is 3. The van der Waals surface area contributed by atoms with Gasteiger partial charge in [0.25, 0.3) is 5.91 Å². The number of carbonyl (C=O) groups excluding carboxylic acids is 2. The highest BCUT2D eigenvalue weighted by atomic mass is 35.5. The number of pyridine rings is 1. The van der Waals surface area contributed by atoms with Crippen molar-refractivity contribution in [1.29, 1.82) is 0 Å². The predicted molar refractivity (Wildman–Crippen MR) is 109 cm³/mol. The predicted octanol–water partition coefficient (Wildman–Crippen LogP) is 5.94. The summed E-state index contributed by atoms with van der Waals surface area (Å²) in [6.45, 7) is 0. The molecule has 31 heavy (non-hydrogen) atoms. The summed E-state index contributed by atoms with van der Waals surface area (Å²) >= 11 is 11.6. The molecule has 0 unspecified atom stereocenters. The van der Waals surface area contributed by atoms with Crippen LogP contribution in [0.1, 0.15) is 27.6 Å². The van der Waals surface area contributed by atoms with Gasteiger partial charge in [-0.2, -0.15) is 13.2 Å². The zero-order valence-electron chi connectivity index (χ0n) is 15.5. The van der Waals surface area contributed by atoms with Crippen molar-refractivity contribution < 1.29 is 27.5 Å². The van der Waals surface area contributed by atoms with Gasteiger partial charge < -0.3 is 10.1 Å². The highest BCUT2D eigenvalue weighted by Crippen LogP contribution is 2.37. The Balaban J connectivity index is 1.93. The zero-order valence-corrected chi connectivity index (χ0v) is 17.0. The molecule has 1 atom stereocenters. The van der Waals surface area contributed by atoms with Crippen LogP contribution in [0.3, 0.4) is 0 Å². The quantitative estimate of drug-likeness (QED) is 0.371. The molecule has 10 heteroatoms. The lowest BCUT2D eigenvalue weighted by atomic mass is 10.1. The number of hydrogen-bond donors (Lipinski definition) is 1. The number of anilines is 1. The first-order valence-electron chi connectivity index (χ1n) is 8.71. The van der Waals surface area contributed by atoms with Gasteiger partial charge in [0.15, 0.2) is 0 Å². The number of ether oxygens (including phenoxy) is 1. The Morgan fingerprint density at radius 1 is 1.00 bits per heavy atom. The molecule has 0 aliphatic heterocycles. The standard InChI is InChI=1S/C21H13Cl2F3N2O3/c22-13-8-9-16(15(11-13)21(24,25)26)28-19(29)17(12-5-2-1-3-6-12)31-20(30)14-7-4-10-27-18(14)23/h1-11,17H,(H,28,29)/t17-/m1/s1. The molecule has 0 aliphatic carbocycles. The molecular formula is C21H13Cl2F3N2O3.